The molecule has 0 spiro atoms. The molecule has 0 bridgehead atoms. The first kappa shape index (κ1) is 11.7. The second-order valence-corrected chi connectivity index (χ2v) is 3.54. The third-order valence-corrected chi connectivity index (χ3v) is 2.39. The minimum atomic E-state index is -1.19. The molecule has 0 fully saturated rings. The van der Waals surface area contributed by atoms with Gasteiger partial charge < -0.3 is 5.11 Å². The number of nitriles is 1. The SMILES string of the molecule is N#Cc1ccc(F)c(-c2ccnc(C(=O)O)c2)c1. The van der Waals surface area contributed by atoms with Crippen LogP contribution in [0.1, 0.15) is 16.1 Å². The van der Waals surface area contributed by atoms with Crippen molar-refractivity contribution in [1.82, 2.24) is 4.98 Å². The Morgan fingerprint density at radius 3 is 2.78 bits per heavy atom. The lowest BCUT2D eigenvalue weighted by molar-refractivity contribution is 0.0690. The topological polar surface area (TPSA) is 74.0 Å². The van der Waals surface area contributed by atoms with Gasteiger partial charge in [0.15, 0.2) is 0 Å². The smallest absolute Gasteiger partial charge is 0.354 e. The van der Waals surface area contributed by atoms with E-state index in [1.807, 2.05) is 6.07 Å². The van der Waals surface area contributed by atoms with E-state index in [-0.39, 0.29) is 11.3 Å². The summed E-state index contributed by atoms with van der Waals surface area (Å²) in [4.78, 5) is 14.4. The molecule has 88 valence electrons. The van der Waals surface area contributed by atoms with E-state index in [4.69, 9.17) is 10.4 Å². The van der Waals surface area contributed by atoms with Gasteiger partial charge in [-0.2, -0.15) is 5.26 Å². The van der Waals surface area contributed by atoms with Crippen LogP contribution in [-0.2, 0) is 0 Å². The van der Waals surface area contributed by atoms with Crippen molar-refractivity contribution in [2.75, 3.05) is 0 Å². The van der Waals surface area contributed by atoms with Gasteiger partial charge in [-0.15, -0.1) is 0 Å². The zero-order chi connectivity index (χ0) is 13.1. The average molecular weight is 242 g/mol. The van der Waals surface area contributed by atoms with Crippen LogP contribution in [-0.4, -0.2) is 16.1 Å². The van der Waals surface area contributed by atoms with Crippen molar-refractivity contribution >= 4 is 5.97 Å². The van der Waals surface area contributed by atoms with Crippen molar-refractivity contribution in [3.8, 4) is 17.2 Å². The first-order valence-electron chi connectivity index (χ1n) is 5.01. The number of carboxylic acid groups (broad SMARTS) is 1. The number of halogens is 1. The standard InChI is InChI=1S/C13H7FN2O2/c14-11-2-1-8(7-15)5-10(11)9-3-4-16-12(6-9)13(17)18/h1-6H,(H,17,18). The molecule has 0 saturated heterocycles. The van der Waals surface area contributed by atoms with E-state index >= 15 is 0 Å². The van der Waals surface area contributed by atoms with Gasteiger partial charge >= 0.3 is 5.97 Å². The molecule has 0 atom stereocenters. The monoisotopic (exact) mass is 242 g/mol. The molecule has 4 nitrogen and oxygen atoms in total. The van der Waals surface area contributed by atoms with Gasteiger partial charge in [0.25, 0.3) is 0 Å². The largest absolute Gasteiger partial charge is 0.477 e. The molecular weight excluding hydrogens is 235 g/mol. The van der Waals surface area contributed by atoms with E-state index in [1.165, 1.54) is 36.5 Å². The number of hydrogen-bond donors (Lipinski definition) is 1. The minimum absolute atomic E-state index is 0.172. The molecule has 0 amide bonds. The fraction of sp³-hybridized carbons (Fsp3) is 0. The number of aromatic carboxylic acids is 1. The van der Waals surface area contributed by atoms with Crippen LogP contribution in [0.25, 0.3) is 11.1 Å². The molecule has 0 aliphatic carbocycles. The van der Waals surface area contributed by atoms with Crippen LogP contribution < -0.4 is 0 Å². The number of benzene rings is 1. The van der Waals surface area contributed by atoms with Gasteiger partial charge in [-0.1, -0.05) is 0 Å². The Kier molecular flexibility index (Phi) is 3.02. The van der Waals surface area contributed by atoms with Crippen molar-refractivity contribution < 1.29 is 14.3 Å². The Hall–Kier alpha value is -2.74. The highest BCUT2D eigenvalue weighted by Gasteiger charge is 2.10. The maximum absolute atomic E-state index is 13.6. The predicted molar refractivity (Wildman–Crippen MR) is 61.3 cm³/mol. The lowest BCUT2D eigenvalue weighted by atomic mass is 10.0. The highest BCUT2D eigenvalue weighted by molar-refractivity contribution is 5.87. The highest BCUT2D eigenvalue weighted by Crippen LogP contribution is 2.24. The number of hydrogen-bond acceptors (Lipinski definition) is 3. The number of pyridine rings is 1. The summed E-state index contributed by atoms with van der Waals surface area (Å²) >= 11 is 0. The summed E-state index contributed by atoms with van der Waals surface area (Å²) in [6.07, 6.45) is 1.29. The van der Waals surface area contributed by atoms with Gasteiger partial charge in [-0.25, -0.2) is 14.2 Å². The van der Waals surface area contributed by atoms with Crippen molar-refractivity contribution in [2.24, 2.45) is 0 Å². The van der Waals surface area contributed by atoms with Gasteiger partial charge in [0, 0.05) is 11.8 Å². The summed E-state index contributed by atoms with van der Waals surface area (Å²) in [5.41, 5.74) is 0.685. The van der Waals surface area contributed by atoms with Crippen LogP contribution in [0.4, 0.5) is 4.39 Å². The Morgan fingerprint density at radius 2 is 2.11 bits per heavy atom. The van der Waals surface area contributed by atoms with Crippen LogP contribution in [0.15, 0.2) is 36.5 Å². The molecule has 0 radical (unpaired) electrons. The van der Waals surface area contributed by atoms with Crippen LogP contribution in [0.2, 0.25) is 0 Å². The molecular formula is C13H7FN2O2. The zero-order valence-corrected chi connectivity index (χ0v) is 9.09. The van der Waals surface area contributed by atoms with Gasteiger partial charge in [-0.05, 0) is 35.9 Å². The van der Waals surface area contributed by atoms with Crippen molar-refractivity contribution in [3.63, 3.8) is 0 Å². The second kappa shape index (κ2) is 4.63. The van der Waals surface area contributed by atoms with Crippen molar-refractivity contribution in [1.29, 1.82) is 5.26 Å². The van der Waals surface area contributed by atoms with E-state index in [2.05, 4.69) is 4.98 Å². The maximum atomic E-state index is 13.6. The summed E-state index contributed by atoms with van der Waals surface area (Å²) in [6, 6.07) is 8.57. The molecule has 1 aromatic carbocycles. The van der Waals surface area contributed by atoms with Gasteiger partial charge in [-0.3, -0.25) is 0 Å². The third-order valence-electron chi connectivity index (χ3n) is 2.39. The molecule has 18 heavy (non-hydrogen) atoms. The summed E-state index contributed by atoms with van der Waals surface area (Å²) in [5, 5.41) is 17.6. The molecule has 0 saturated carbocycles. The van der Waals surface area contributed by atoms with E-state index < -0.39 is 11.8 Å². The molecule has 0 aliphatic heterocycles. The molecule has 2 aromatic rings. The molecule has 1 aromatic heterocycles. The molecule has 2 rings (SSSR count). The predicted octanol–water partition coefficient (Wildman–Crippen LogP) is 2.46. The van der Waals surface area contributed by atoms with Crippen molar-refractivity contribution in [2.45, 2.75) is 0 Å². The zero-order valence-electron chi connectivity index (χ0n) is 9.09. The van der Waals surface area contributed by atoms with E-state index in [0.717, 1.165) is 0 Å². The van der Waals surface area contributed by atoms with Gasteiger partial charge in [0.2, 0.25) is 0 Å². The Morgan fingerprint density at radius 1 is 1.33 bits per heavy atom. The molecule has 1 heterocycles. The lowest BCUT2D eigenvalue weighted by Crippen LogP contribution is -2.00. The molecule has 5 heteroatoms. The van der Waals surface area contributed by atoms with Crippen LogP contribution in [0.5, 0.6) is 0 Å². The van der Waals surface area contributed by atoms with E-state index in [0.29, 0.717) is 11.1 Å². The minimum Gasteiger partial charge on any atom is -0.477 e. The average Bonchev–Trinajstić information content (AvgIpc) is 2.39. The maximum Gasteiger partial charge on any atom is 0.354 e. The number of rotatable bonds is 2. The molecule has 1 N–H and O–H groups in total. The first-order valence-corrected chi connectivity index (χ1v) is 5.01. The quantitative estimate of drug-likeness (QED) is 0.877. The van der Waals surface area contributed by atoms with E-state index in [9.17, 15) is 9.18 Å². The highest BCUT2D eigenvalue weighted by atomic mass is 19.1. The Labute approximate surface area is 102 Å². The second-order valence-electron chi connectivity index (χ2n) is 3.54. The summed E-state index contributed by atoms with van der Waals surface area (Å²) in [7, 11) is 0. The molecule has 0 aliphatic rings. The third kappa shape index (κ3) is 2.18. The Balaban J connectivity index is 2.58. The van der Waals surface area contributed by atoms with Gasteiger partial charge in [0.1, 0.15) is 11.5 Å². The Bertz CT molecular complexity index is 662. The fourth-order valence-corrected chi connectivity index (χ4v) is 1.53. The summed E-state index contributed by atoms with van der Waals surface area (Å²) < 4.78 is 13.6. The lowest BCUT2D eigenvalue weighted by Gasteiger charge is -2.04. The van der Waals surface area contributed by atoms with Gasteiger partial charge in [0.05, 0.1) is 11.6 Å². The normalized spacial score (nSPS) is 9.78. The molecule has 0 unspecified atom stereocenters. The number of carboxylic acids is 1. The number of nitrogens with zero attached hydrogens (tertiary/aromatic N) is 2. The first-order chi connectivity index (χ1) is 8.61. The van der Waals surface area contributed by atoms with Crippen LogP contribution in [0.3, 0.4) is 0 Å². The van der Waals surface area contributed by atoms with E-state index in [1.54, 1.807) is 0 Å². The fourth-order valence-electron chi connectivity index (χ4n) is 1.53. The van der Waals surface area contributed by atoms with Crippen molar-refractivity contribution in [3.05, 3.63) is 53.6 Å². The summed E-state index contributed by atoms with van der Waals surface area (Å²) in [6.45, 7) is 0. The number of carbonyl (C=O) groups is 1. The number of aromatic nitrogens is 1. The summed E-state index contributed by atoms with van der Waals surface area (Å²) in [5.74, 6) is -1.70. The van der Waals surface area contributed by atoms with Crippen LogP contribution in [0, 0.1) is 17.1 Å². The van der Waals surface area contributed by atoms with Crippen LogP contribution >= 0.6 is 0 Å².